The maximum atomic E-state index is 13.9. The van der Waals surface area contributed by atoms with E-state index in [0.29, 0.717) is 12.2 Å². The highest BCUT2D eigenvalue weighted by Crippen LogP contribution is 2.28. The first-order valence-corrected chi connectivity index (χ1v) is 17.3. The first-order valence-electron chi connectivity index (χ1n) is 13.8. The molecule has 0 aliphatic heterocycles. The zero-order valence-electron chi connectivity index (χ0n) is 25.0. The van der Waals surface area contributed by atoms with E-state index >= 15 is 0 Å². The lowest BCUT2D eigenvalue weighted by atomic mass is 9.88. The summed E-state index contributed by atoms with van der Waals surface area (Å²) >= 11 is 0. The van der Waals surface area contributed by atoms with Gasteiger partial charge in [0.05, 0.1) is 36.0 Å². The van der Waals surface area contributed by atoms with Crippen LogP contribution in [0.15, 0.2) is 59.5 Å². The summed E-state index contributed by atoms with van der Waals surface area (Å²) in [5.41, 5.74) is 0.235. The van der Waals surface area contributed by atoms with E-state index in [9.17, 15) is 26.7 Å². The Labute approximate surface area is 250 Å². The van der Waals surface area contributed by atoms with Crippen molar-refractivity contribution < 1.29 is 31.5 Å². The molecule has 0 radical (unpaired) electrons. The summed E-state index contributed by atoms with van der Waals surface area (Å²) in [5, 5.41) is 23.4. The predicted molar refractivity (Wildman–Crippen MR) is 162 cm³/mol. The van der Waals surface area contributed by atoms with E-state index in [4.69, 9.17) is 10.00 Å². The number of carbonyl (C=O) groups is 1. The molecular formula is C30H43N3O7S2. The maximum Gasteiger partial charge on any atom is 0.243 e. The molecule has 2 aromatic carbocycles. The number of hydrogen-bond acceptors (Lipinski definition) is 8. The second-order valence-electron chi connectivity index (χ2n) is 11.6. The summed E-state index contributed by atoms with van der Waals surface area (Å²) in [5.74, 6) is -0.545. The third kappa shape index (κ3) is 11.7. The van der Waals surface area contributed by atoms with E-state index in [2.05, 4.69) is 11.4 Å². The minimum atomic E-state index is -4.10. The van der Waals surface area contributed by atoms with Crippen molar-refractivity contribution in [1.29, 1.82) is 5.26 Å². The monoisotopic (exact) mass is 621 g/mol. The Balaban J connectivity index is 2.39. The molecule has 2 N–H and O–H groups in total. The number of hydrogen-bond donors (Lipinski definition) is 2. The Morgan fingerprint density at radius 1 is 1.10 bits per heavy atom. The van der Waals surface area contributed by atoms with Crippen LogP contribution in [0.25, 0.3) is 0 Å². The van der Waals surface area contributed by atoms with E-state index in [1.807, 2.05) is 44.2 Å². The molecular weight excluding hydrogens is 578 g/mol. The molecule has 0 aliphatic rings. The van der Waals surface area contributed by atoms with Gasteiger partial charge in [-0.15, -0.1) is 0 Å². The van der Waals surface area contributed by atoms with Crippen molar-refractivity contribution in [3.05, 3.63) is 60.2 Å². The number of aliphatic hydroxyl groups is 1. The number of methoxy groups -OCH3 is 1. The quantitative estimate of drug-likeness (QED) is 0.273. The number of nitrogens with zero attached hydrogens (tertiary/aromatic N) is 2. The first-order chi connectivity index (χ1) is 19.6. The summed E-state index contributed by atoms with van der Waals surface area (Å²) in [6.07, 6.45) is 0.641. The van der Waals surface area contributed by atoms with E-state index in [0.717, 1.165) is 11.8 Å². The predicted octanol–water partition coefficient (Wildman–Crippen LogP) is 3.18. The highest BCUT2D eigenvalue weighted by atomic mass is 32.2. The van der Waals surface area contributed by atoms with Crippen molar-refractivity contribution in [3.8, 4) is 11.8 Å². The molecule has 3 atom stereocenters. The summed E-state index contributed by atoms with van der Waals surface area (Å²) < 4.78 is 57.5. The molecule has 0 spiro atoms. The molecule has 0 fully saturated rings. The van der Waals surface area contributed by atoms with Crippen LogP contribution in [-0.2, 0) is 31.1 Å². The van der Waals surface area contributed by atoms with E-state index < -0.39 is 49.2 Å². The largest absolute Gasteiger partial charge is 0.497 e. The Morgan fingerprint density at radius 3 is 2.26 bits per heavy atom. The first kappa shape index (κ1) is 35.2. The zero-order chi connectivity index (χ0) is 31.6. The smallest absolute Gasteiger partial charge is 0.243 e. The molecule has 0 aromatic heterocycles. The van der Waals surface area contributed by atoms with Crippen molar-refractivity contribution in [2.75, 3.05) is 32.2 Å². The van der Waals surface area contributed by atoms with Gasteiger partial charge >= 0.3 is 0 Å². The van der Waals surface area contributed by atoms with Gasteiger partial charge in [0.1, 0.15) is 15.6 Å². The van der Waals surface area contributed by atoms with Gasteiger partial charge in [-0.2, -0.15) is 9.57 Å². The normalized spacial score (nSPS) is 14.5. The van der Waals surface area contributed by atoms with Gasteiger partial charge in [0.25, 0.3) is 0 Å². The molecule has 2 rings (SSSR count). The van der Waals surface area contributed by atoms with Crippen molar-refractivity contribution in [2.24, 2.45) is 11.3 Å². The highest BCUT2D eigenvalue weighted by Gasteiger charge is 2.35. The minimum absolute atomic E-state index is 0.0184. The van der Waals surface area contributed by atoms with Gasteiger partial charge in [0.15, 0.2) is 0 Å². The molecule has 232 valence electrons. The molecule has 10 nitrogen and oxygen atoms in total. The molecule has 0 saturated carbocycles. The number of sulfone groups is 1. The molecule has 1 unspecified atom stereocenters. The molecule has 2 aromatic rings. The fourth-order valence-electron chi connectivity index (χ4n) is 4.74. The van der Waals surface area contributed by atoms with Crippen molar-refractivity contribution >= 4 is 25.8 Å². The van der Waals surface area contributed by atoms with Crippen LogP contribution >= 0.6 is 0 Å². The fourth-order valence-corrected chi connectivity index (χ4v) is 7.54. The van der Waals surface area contributed by atoms with Crippen LogP contribution in [0, 0.1) is 22.7 Å². The number of nitriles is 1. The van der Waals surface area contributed by atoms with Crippen LogP contribution < -0.4 is 10.1 Å². The number of carbonyl (C=O) groups excluding carboxylic acids is 1. The minimum Gasteiger partial charge on any atom is -0.497 e. The number of ether oxygens (including phenoxy) is 1. The summed E-state index contributed by atoms with van der Waals surface area (Å²) in [4.78, 5) is 13.0. The van der Waals surface area contributed by atoms with Gasteiger partial charge in [0.2, 0.25) is 15.9 Å². The van der Waals surface area contributed by atoms with Gasteiger partial charge < -0.3 is 15.2 Å². The third-order valence-electron chi connectivity index (χ3n) is 6.84. The van der Waals surface area contributed by atoms with Gasteiger partial charge in [-0.1, -0.05) is 51.1 Å². The van der Waals surface area contributed by atoms with Crippen LogP contribution in [0.1, 0.15) is 45.6 Å². The molecule has 0 aliphatic carbocycles. The number of rotatable bonds is 17. The number of sulfonamides is 1. The van der Waals surface area contributed by atoms with E-state index in [1.165, 1.54) is 23.5 Å². The highest BCUT2D eigenvalue weighted by molar-refractivity contribution is 7.90. The van der Waals surface area contributed by atoms with Crippen LogP contribution in [-0.4, -0.2) is 76.5 Å². The van der Waals surface area contributed by atoms with Crippen LogP contribution in [0.5, 0.6) is 5.75 Å². The van der Waals surface area contributed by atoms with Gasteiger partial charge in [0, 0.05) is 32.2 Å². The lowest BCUT2D eigenvalue weighted by molar-refractivity contribution is -0.123. The second-order valence-corrected chi connectivity index (χ2v) is 15.8. The Kier molecular flexibility index (Phi) is 13.0. The summed E-state index contributed by atoms with van der Waals surface area (Å²) in [6, 6.07) is 16.4. The molecule has 1 amide bonds. The average molecular weight is 622 g/mol. The van der Waals surface area contributed by atoms with Gasteiger partial charge in [-0.3, -0.25) is 4.79 Å². The zero-order valence-corrected chi connectivity index (χ0v) is 26.6. The lowest BCUT2D eigenvalue weighted by Gasteiger charge is -2.35. The topological polar surface area (TPSA) is 154 Å². The third-order valence-corrected chi connectivity index (χ3v) is 9.84. The number of amides is 1. The van der Waals surface area contributed by atoms with Crippen LogP contribution in [0.2, 0.25) is 0 Å². The van der Waals surface area contributed by atoms with Crippen LogP contribution in [0.4, 0.5) is 0 Å². The van der Waals surface area contributed by atoms with E-state index in [-0.39, 0.29) is 43.0 Å². The standard InChI is InChI=1S/C30H43N3O7S2/c1-23(21-41(5,36)37)18-29(35)32-27(19-24-10-7-6-8-11-24)28(34)20-33(22-30(2,3)16-9-17-31)42(38,39)26-14-12-25(40-4)13-15-26/h6-8,10-15,23,27-28,34H,9,16,18-22H2,1-5H3,(H,32,35)/t23?,27-,28+/m0/s1. The molecule has 12 heteroatoms. The second kappa shape index (κ2) is 15.5. The number of benzene rings is 2. The van der Waals surface area contributed by atoms with Crippen molar-refractivity contribution in [3.63, 3.8) is 0 Å². The summed E-state index contributed by atoms with van der Waals surface area (Å²) in [6.45, 7) is 5.09. The van der Waals surface area contributed by atoms with Gasteiger partial charge in [-0.25, -0.2) is 16.8 Å². The maximum absolute atomic E-state index is 13.9. The van der Waals surface area contributed by atoms with Crippen molar-refractivity contribution in [1.82, 2.24) is 9.62 Å². The molecule has 0 saturated heterocycles. The summed E-state index contributed by atoms with van der Waals surface area (Å²) in [7, 11) is -5.90. The molecule has 0 bridgehead atoms. The number of nitrogens with one attached hydrogen (secondary N) is 1. The average Bonchev–Trinajstić information content (AvgIpc) is 2.90. The SMILES string of the molecule is COc1ccc(S(=O)(=O)N(C[C@@H](O)[C@H](Cc2ccccc2)NC(=O)CC(C)CS(C)(=O)=O)CC(C)(C)CCC#N)cc1. The molecule has 0 heterocycles. The fraction of sp³-hybridized carbons (Fsp3) is 0.533. The molecule has 42 heavy (non-hydrogen) atoms. The Morgan fingerprint density at radius 2 is 1.71 bits per heavy atom. The lowest BCUT2D eigenvalue weighted by Crippen LogP contribution is -2.52. The van der Waals surface area contributed by atoms with Crippen LogP contribution in [0.3, 0.4) is 0 Å². The Hall–Kier alpha value is -2.98. The number of aliphatic hydroxyl groups excluding tert-OH is 1. The Bertz CT molecular complexity index is 1410. The van der Waals surface area contributed by atoms with Gasteiger partial charge in [-0.05, 0) is 54.0 Å². The van der Waals surface area contributed by atoms with E-state index in [1.54, 1.807) is 19.1 Å². The van der Waals surface area contributed by atoms with Crippen molar-refractivity contribution in [2.45, 2.75) is 63.5 Å².